The van der Waals surface area contributed by atoms with Crippen molar-refractivity contribution in [3.8, 4) is 0 Å². The zero-order valence-corrected chi connectivity index (χ0v) is 10.8. The summed E-state index contributed by atoms with van der Waals surface area (Å²) in [5, 5.41) is 14.8. The molecule has 0 heterocycles. The molecule has 1 amide bonds. The van der Waals surface area contributed by atoms with Gasteiger partial charge in [-0.15, -0.1) is 0 Å². The summed E-state index contributed by atoms with van der Waals surface area (Å²) in [5.41, 5.74) is -0.309. The smallest absolute Gasteiger partial charge is 0.329 e. The Morgan fingerprint density at radius 3 is 2.47 bits per heavy atom. The molecule has 5 nitrogen and oxygen atoms in total. The molecule has 1 aliphatic carbocycles. The number of anilines is 1. The number of aliphatic carboxylic acids is 1. The summed E-state index contributed by atoms with van der Waals surface area (Å²) in [6.45, 7) is 1.65. The molecule has 0 bridgehead atoms. The fraction of sp³-hybridized carbons (Fsp3) is 0.429. The second-order valence-corrected chi connectivity index (χ2v) is 5.05. The molecule has 1 atom stereocenters. The SMILES string of the molecule is CC(NC(=O)CNc1ccccc1)(C(=O)O)C1CC1. The van der Waals surface area contributed by atoms with E-state index in [9.17, 15) is 14.7 Å². The molecule has 0 spiro atoms. The van der Waals surface area contributed by atoms with Crippen LogP contribution in [0.4, 0.5) is 5.69 Å². The van der Waals surface area contributed by atoms with Crippen LogP contribution in [0.25, 0.3) is 0 Å². The van der Waals surface area contributed by atoms with Crippen LogP contribution in [-0.4, -0.2) is 29.1 Å². The molecule has 0 aliphatic heterocycles. The van der Waals surface area contributed by atoms with Gasteiger partial charge in [0, 0.05) is 5.69 Å². The van der Waals surface area contributed by atoms with E-state index >= 15 is 0 Å². The van der Waals surface area contributed by atoms with Crippen molar-refractivity contribution in [3.05, 3.63) is 30.3 Å². The highest BCUT2D eigenvalue weighted by atomic mass is 16.4. The third-order valence-electron chi connectivity index (χ3n) is 3.46. The number of carboxylic acids is 1. The number of carbonyl (C=O) groups excluding carboxylic acids is 1. The minimum atomic E-state index is -1.14. The Kier molecular flexibility index (Phi) is 3.74. The van der Waals surface area contributed by atoms with Crippen molar-refractivity contribution >= 4 is 17.6 Å². The van der Waals surface area contributed by atoms with Crippen LogP contribution in [0.15, 0.2) is 30.3 Å². The molecule has 1 unspecified atom stereocenters. The quantitative estimate of drug-likeness (QED) is 0.725. The van der Waals surface area contributed by atoms with Crippen molar-refractivity contribution < 1.29 is 14.7 Å². The molecule has 1 aromatic rings. The summed E-state index contributed by atoms with van der Waals surface area (Å²) >= 11 is 0. The molecule has 1 aromatic carbocycles. The zero-order chi connectivity index (χ0) is 13.9. The molecule has 0 aromatic heterocycles. The largest absolute Gasteiger partial charge is 0.480 e. The molecule has 102 valence electrons. The predicted octanol–water partition coefficient (Wildman–Crippen LogP) is 1.47. The molecule has 19 heavy (non-hydrogen) atoms. The molecular weight excluding hydrogens is 244 g/mol. The second kappa shape index (κ2) is 5.30. The van der Waals surface area contributed by atoms with Crippen LogP contribution < -0.4 is 10.6 Å². The maximum atomic E-state index is 11.8. The van der Waals surface area contributed by atoms with Crippen LogP contribution in [0.2, 0.25) is 0 Å². The van der Waals surface area contributed by atoms with Gasteiger partial charge in [-0.25, -0.2) is 4.79 Å². The first-order chi connectivity index (χ1) is 9.02. The maximum absolute atomic E-state index is 11.8. The highest BCUT2D eigenvalue weighted by Gasteiger charge is 2.48. The van der Waals surface area contributed by atoms with Crippen LogP contribution in [0.3, 0.4) is 0 Å². The monoisotopic (exact) mass is 262 g/mol. The van der Waals surface area contributed by atoms with Crippen LogP contribution in [0.5, 0.6) is 0 Å². The summed E-state index contributed by atoms with van der Waals surface area (Å²) in [5.74, 6) is -1.23. The van der Waals surface area contributed by atoms with Crippen molar-refractivity contribution in [2.24, 2.45) is 5.92 Å². The van der Waals surface area contributed by atoms with Gasteiger partial charge in [0.15, 0.2) is 0 Å². The Morgan fingerprint density at radius 2 is 1.95 bits per heavy atom. The van der Waals surface area contributed by atoms with Crippen LogP contribution in [-0.2, 0) is 9.59 Å². The Hall–Kier alpha value is -2.04. The van der Waals surface area contributed by atoms with Crippen LogP contribution >= 0.6 is 0 Å². The summed E-state index contributed by atoms with van der Waals surface area (Å²) in [6.07, 6.45) is 1.71. The summed E-state index contributed by atoms with van der Waals surface area (Å²) < 4.78 is 0. The Morgan fingerprint density at radius 1 is 1.32 bits per heavy atom. The average Bonchev–Trinajstić information content (AvgIpc) is 3.22. The van der Waals surface area contributed by atoms with Gasteiger partial charge in [0.2, 0.25) is 5.91 Å². The van der Waals surface area contributed by atoms with Crippen molar-refractivity contribution in [2.45, 2.75) is 25.3 Å². The molecule has 0 saturated heterocycles. The number of carbonyl (C=O) groups is 2. The van der Waals surface area contributed by atoms with E-state index in [0.29, 0.717) is 0 Å². The van der Waals surface area contributed by atoms with E-state index in [1.54, 1.807) is 6.92 Å². The first-order valence-electron chi connectivity index (χ1n) is 6.35. The molecule has 5 heteroatoms. The van der Waals surface area contributed by atoms with E-state index < -0.39 is 11.5 Å². The van der Waals surface area contributed by atoms with Crippen LogP contribution in [0.1, 0.15) is 19.8 Å². The third kappa shape index (κ3) is 3.24. The topological polar surface area (TPSA) is 78.4 Å². The van der Waals surface area contributed by atoms with Crippen LogP contribution in [0, 0.1) is 5.92 Å². The van der Waals surface area contributed by atoms with Gasteiger partial charge in [-0.2, -0.15) is 0 Å². The lowest BCUT2D eigenvalue weighted by Gasteiger charge is -2.26. The van der Waals surface area contributed by atoms with E-state index in [2.05, 4.69) is 10.6 Å². The Labute approximate surface area is 112 Å². The highest BCUT2D eigenvalue weighted by molar-refractivity contribution is 5.89. The first-order valence-corrected chi connectivity index (χ1v) is 6.35. The summed E-state index contributed by atoms with van der Waals surface area (Å²) in [4.78, 5) is 23.1. The second-order valence-electron chi connectivity index (χ2n) is 5.05. The van der Waals surface area contributed by atoms with Gasteiger partial charge in [-0.1, -0.05) is 18.2 Å². The van der Waals surface area contributed by atoms with Gasteiger partial charge in [0.05, 0.1) is 6.54 Å². The van der Waals surface area contributed by atoms with E-state index in [1.807, 2.05) is 30.3 Å². The van der Waals surface area contributed by atoms with Crippen molar-refractivity contribution in [1.29, 1.82) is 0 Å². The average molecular weight is 262 g/mol. The van der Waals surface area contributed by atoms with Crippen molar-refractivity contribution in [3.63, 3.8) is 0 Å². The van der Waals surface area contributed by atoms with Crippen molar-refractivity contribution in [1.82, 2.24) is 5.32 Å². The predicted molar refractivity (Wildman–Crippen MR) is 71.8 cm³/mol. The number of para-hydroxylation sites is 1. The standard InChI is InChI=1S/C14H18N2O3/c1-14(13(18)19,10-7-8-10)16-12(17)9-15-11-5-3-2-4-6-11/h2-6,10,15H,7-9H2,1H3,(H,16,17)(H,18,19). The van der Waals surface area contributed by atoms with E-state index in [0.717, 1.165) is 18.5 Å². The molecule has 2 rings (SSSR count). The number of benzene rings is 1. The molecule has 1 fully saturated rings. The molecular formula is C14H18N2O3. The lowest BCUT2D eigenvalue weighted by molar-refractivity contribution is -0.147. The fourth-order valence-electron chi connectivity index (χ4n) is 2.06. The number of nitrogens with one attached hydrogen (secondary N) is 2. The first kappa shape index (κ1) is 13.4. The Balaban J connectivity index is 1.88. The fourth-order valence-corrected chi connectivity index (χ4v) is 2.06. The molecule has 1 saturated carbocycles. The molecule has 3 N–H and O–H groups in total. The third-order valence-corrected chi connectivity index (χ3v) is 3.46. The Bertz CT molecular complexity index is 471. The molecule has 0 radical (unpaired) electrons. The summed E-state index contributed by atoms with van der Waals surface area (Å²) in [6, 6.07) is 9.33. The minimum Gasteiger partial charge on any atom is -0.480 e. The number of carboxylic acid groups (broad SMARTS) is 1. The van der Waals surface area contributed by atoms with E-state index in [1.165, 1.54) is 0 Å². The van der Waals surface area contributed by atoms with Gasteiger partial charge in [0.1, 0.15) is 5.54 Å². The molecule has 1 aliphatic rings. The normalized spacial score (nSPS) is 17.3. The minimum absolute atomic E-state index is 0.0469. The number of hydrogen-bond acceptors (Lipinski definition) is 3. The highest BCUT2D eigenvalue weighted by Crippen LogP contribution is 2.39. The lowest BCUT2D eigenvalue weighted by Crippen LogP contribution is -2.55. The van der Waals surface area contributed by atoms with Gasteiger partial charge in [-0.05, 0) is 37.8 Å². The lowest BCUT2D eigenvalue weighted by atomic mass is 9.96. The van der Waals surface area contributed by atoms with E-state index in [-0.39, 0.29) is 18.4 Å². The van der Waals surface area contributed by atoms with Crippen molar-refractivity contribution in [2.75, 3.05) is 11.9 Å². The summed E-state index contributed by atoms with van der Waals surface area (Å²) in [7, 11) is 0. The maximum Gasteiger partial charge on any atom is 0.329 e. The van der Waals surface area contributed by atoms with Gasteiger partial charge in [-0.3, -0.25) is 4.79 Å². The van der Waals surface area contributed by atoms with Gasteiger partial charge >= 0.3 is 5.97 Å². The van der Waals surface area contributed by atoms with Gasteiger partial charge in [0.25, 0.3) is 0 Å². The van der Waals surface area contributed by atoms with Gasteiger partial charge < -0.3 is 15.7 Å². The number of amides is 1. The number of hydrogen-bond donors (Lipinski definition) is 3. The van der Waals surface area contributed by atoms with E-state index in [4.69, 9.17) is 0 Å². The zero-order valence-electron chi connectivity index (χ0n) is 10.8. The number of rotatable bonds is 6.